The highest BCUT2D eigenvalue weighted by atomic mass is 35.5. The molecular formula is C30H32ClFN3O3-. The summed E-state index contributed by atoms with van der Waals surface area (Å²) in [4.78, 5) is 9.35. The summed E-state index contributed by atoms with van der Waals surface area (Å²) in [6.07, 6.45) is 3.81. The molecule has 6 rings (SSSR count). The Morgan fingerprint density at radius 3 is 2.68 bits per heavy atom. The number of anilines is 1. The van der Waals surface area contributed by atoms with Crippen LogP contribution in [0.5, 0.6) is 11.5 Å². The fourth-order valence-corrected chi connectivity index (χ4v) is 6.22. The molecule has 0 bridgehead atoms. The SMILES string of the molecule is [O-]C(=NC(Cc1ccc2c(c1)OCCO2)CN1CCCC1)[C@@H]1CCN(c2ccc3cc(F)ccc3c2Cl)C1. The van der Waals surface area contributed by atoms with E-state index in [1.54, 1.807) is 6.07 Å². The van der Waals surface area contributed by atoms with E-state index in [1.807, 2.05) is 24.3 Å². The van der Waals surface area contributed by atoms with Crippen molar-refractivity contribution in [3.05, 3.63) is 64.9 Å². The highest BCUT2D eigenvalue weighted by molar-refractivity contribution is 6.38. The molecule has 3 aliphatic rings. The Morgan fingerprint density at radius 1 is 1.03 bits per heavy atom. The van der Waals surface area contributed by atoms with Crippen LogP contribution in [0.25, 0.3) is 10.8 Å². The summed E-state index contributed by atoms with van der Waals surface area (Å²) < 4.78 is 25.1. The maximum Gasteiger partial charge on any atom is 0.161 e. The zero-order valence-corrected chi connectivity index (χ0v) is 22.1. The van der Waals surface area contributed by atoms with Gasteiger partial charge >= 0.3 is 0 Å². The molecule has 3 aromatic rings. The van der Waals surface area contributed by atoms with Crippen molar-refractivity contribution in [1.82, 2.24) is 4.90 Å². The first kappa shape index (κ1) is 25.3. The highest BCUT2D eigenvalue weighted by Gasteiger charge is 2.26. The standard InChI is InChI=1S/C30H33ClFN3O3/c31-29-25-6-5-23(32)17-21(25)4-7-26(29)35-12-9-22(18-35)30(36)33-24(19-34-10-1-2-11-34)15-20-3-8-27-28(16-20)38-14-13-37-27/h3-8,16-17,22,24H,1-2,9-15,18-19H2,(H,33,36)/p-1/t22-,24?/m1/s1. The van der Waals surface area contributed by atoms with Crippen molar-refractivity contribution in [3.8, 4) is 11.5 Å². The van der Waals surface area contributed by atoms with Gasteiger partial charge in [0.1, 0.15) is 19.0 Å². The van der Waals surface area contributed by atoms with Crippen molar-refractivity contribution < 1.29 is 19.0 Å². The molecule has 0 saturated carbocycles. The molecule has 38 heavy (non-hydrogen) atoms. The molecule has 2 atom stereocenters. The molecule has 3 aliphatic heterocycles. The van der Waals surface area contributed by atoms with Crippen molar-refractivity contribution in [3.63, 3.8) is 0 Å². The maximum absolute atomic E-state index is 13.6. The summed E-state index contributed by atoms with van der Waals surface area (Å²) >= 11 is 6.72. The Labute approximate surface area is 227 Å². The molecule has 200 valence electrons. The van der Waals surface area contributed by atoms with Crippen molar-refractivity contribution >= 4 is 34.0 Å². The Balaban J connectivity index is 1.19. The Bertz CT molecular complexity index is 1340. The first-order valence-electron chi connectivity index (χ1n) is 13.5. The highest BCUT2D eigenvalue weighted by Crippen LogP contribution is 2.36. The van der Waals surface area contributed by atoms with Gasteiger partial charge in [-0.2, -0.15) is 0 Å². The Kier molecular flexibility index (Phi) is 7.30. The van der Waals surface area contributed by atoms with Gasteiger partial charge in [-0.1, -0.05) is 23.7 Å². The molecule has 2 saturated heterocycles. The van der Waals surface area contributed by atoms with E-state index in [0.29, 0.717) is 31.2 Å². The van der Waals surface area contributed by atoms with E-state index in [1.165, 1.54) is 25.0 Å². The number of fused-ring (bicyclic) bond motifs is 2. The van der Waals surface area contributed by atoms with E-state index in [9.17, 15) is 9.50 Å². The molecule has 6 nitrogen and oxygen atoms in total. The van der Waals surface area contributed by atoms with Crippen molar-refractivity contribution in [2.45, 2.75) is 31.7 Å². The average molecular weight is 537 g/mol. The zero-order valence-electron chi connectivity index (χ0n) is 21.4. The average Bonchev–Trinajstić information content (AvgIpc) is 3.61. The number of halogens is 2. The third-order valence-corrected chi connectivity index (χ3v) is 8.23. The van der Waals surface area contributed by atoms with E-state index in [-0.39, 0.29) is 23.7 Å². The largest absolute Gasteiger partial charge is 0.862 e. The summed E-state index contributed by atoms with van der Waals surface area (Å²) in [5.74, 6) is 1.05. The molecule has 3 heterocycles. The van der Waals surface area contributed by atoms with Gasteiger partial charge < -0.3 is 29.4 Å². The van der Waals surface area contributed by atoms with E-state index in [4.69, 9.17) is 26.1 Å². The van der Waals surface area contributed by atoms with E-state index >= 15 is 0 Å². The quantitative estimate of drug-likeness (QED) is 0.324. The number of rotatable bonds is 7. The van der Waals surface area contributed by atoms with Gasteiger partial charge in [-0.15, -0.1) is 0 Å². The van der Waals surface area contributed by atoms with Crippen LogP contribution < -0.4 is 19.5 Å². The first-order chi connectivity index (χ1) is 18.5. The molecule has 8 heteroatoms. The third kappa shape index (κ3) is 5.40. The lowest BCUT2D eigenvalue weighted by Gasteiger charge is -2.27. The molecule has 1 unspecified atom stereocenters. The zero-order chi connectivity index (χ0) is 26.1. The summed E-state index contributed by atoms with van der Waals surface area (Å²) in [7, 11) is 0. The molecular weight excluding hydrogens is 505 g/mol. The summed E-state index contributed by atoms with van der Waals surface area (Å²) in [5, 5.41) is 15.6. The molecule has 0 radical (unpaired) electrons. The summed E-state index contributed by atoms with van der Waals surface area (Å²) in [6, 6.07) is 14.4. The van der Waals surface area contributed by atoms with Crippen LogP contribution in [0.15, 0.2) is 53.5 Å². The van der Waals surface area contributed by atoms with Crippen LogP contribution in [-0.4, -0.2) is 62.8 Å². The number of nitrogens with zero attached hydrogens (tertiary/aromatic N) is 3. The van der Waals surface area contributed by atoms with Gasteiger partial charge in [0.05, 0.1) is 16.8 Å². The fraction of sp³-hybridized carbons (Fsp3) is 0.433. The maximum atomic E-state index is 13.6. The van der Waals surface area contributed by atoms with Crippen LogP contribution in [0.1, 0.15) is 24.8 Å². The fourth-order valence-electron chi connectivity index (χ4n) is 5.86. The monoisotopic (exact) mass is 536 g/mol. The van der Waals surface area contributed by atoms with Crippen molar-refractivity contribution in [2.24, 2.45) is 10.9 Å². The smallest absolute Gasteiger partial charge is 0.161 e. The van der Waals surface area contributed by atoms with Crippen LogP contribution in [0.3, 0.4) is 0 Å². The van der Waals surface area contributed by atoms with E-state index in [0.717, 1.165) is 66.1 Å². The van der Waals surface area contributed by atoms with Gasteiger partial charge in [0.25, 0.3) is 0 Å². The minimum Gasteiger partial charge on any atom is -0.862 e. The lowest BCUT2D eigenvalue weighted by Crippen LogP contribution is -2.36. The predicted molar refractivity (Wildman–Crippen MR) is 147 cm³/mol. The molecule has 0 amide bonds. The Morgan fingerprint density at radius 2 is 1.84 bits per heavy atom. The molecule has 0 N–H and O–H groups in total. The van der Waals surface area contributed by atoms with Gasteiger partial charge in [-0.05, 0) is 92.0 Å². The minimum atomic E-state index is -0.283. The summed E-state index contributed by atoms with van der Waals surface area (Å²) in [6.45, 7) is 5.32. The van der Waals surface area contributed by atoms with Crippen LogP contribution in [-0.2, 0) is 6.42 Å². The second-order valence-electron chi connectivity index (χ2n) is 10.5. The minimum absolute atomic E-state index is 0.0341. The lowest BCUT2D eigenvalue weighted by atomic mass is 10.0. The molecule has 2 fully saturated rings. The van der Waals surface area contributed by atoms with Gasteiger partial charge in [0, 0.05) is 30.9 Å². The number of benzene rings is 3. The predicted octanol–water partition coefficient (Wildman–Crippen LogP) is 4.70. The summed E-state index contributed by atoms with van der Waals surface area (Å²) in [5.41, 5.74) is 1.98. The molecule has 0 aliphatic carbocycles. The normalized spacial score (nSPS) is 20.8. The lowest BCUT2D eigenvalue weighted by molar-refractivity contribution is -0.223. The molecule has 0 spiro atoms. The van der Waals surface area contributed by atoms with E-state index in [2.05, 4.69) is 15.9 Å². The van der Waals surface area contributed by atoms with Gasteiger partial charge in [-0.3, -0.25) is 0 Å². The number of ether oxygens (including phenoxy) is 2. The Hall–Kier alpha value is -3.03. The van der Waals surface area contributed by atoms with Crippen LogP contribution in [0.2, 0.25) is 5.02 Å². The number of hydrogen-bond acceptors (Lipinski definition) is 6. The van der Waals surface area contributed by atoms with E-state index < -0.39 is 0 Å². The molecule has 0 aromatic heterocycles. The second kappa shape index (κ2) is 11.0. The third-order valence-electron chi connectivity index (χ3n) is 7.83. The van der Waals surface area contributed by atoms with Crippen molar-refractivity contribution in [1.29, 1.82) is 0 Å². The second-order valence-corrected chi connectivity index (χ2v) is 10.9. The number of hydrogen-bond donors (Lipinski definition) is 0. The van der Waals surface area contributed by atoms with Gasteiger partial charge in [0.2, 0.25) is 0 Å². The van der Waals surface area contributed by atoms with Crippen LogP contribution in [0.4, 0.5) is 10.1 Å². The van der Waals surface area contributed by atoms with Gasteiger partial charge in [0.15, 0.2) is 11.5 Å². The number of aliphatic imine (C=N–C) groups is 1. The number of likely N-dealkylation sites (tertiary alicyclic amines) is 1. The topological polar surface area (TPSA) is 60.4 Å². The molecule has 3 aromatic carbocycles. The van der Waals surface area contributed by atoms with Gasteiger partial charge in [-0.25, -0.2) is 4.39 Å². The van der Waals surface area contributed by atoms with Crippen LogP contribution in [0, 0.1) is 11.7 Å². The van der Waals surface area contributed by atoms with Crippen LogP contribution >= 0.6 is 11.6 Å². The van der Waals surface area contributed by atoms with Crippen molar-refractivity contribution in [2.75, 3.05) is 50.8 Å². The first-order valence-corrected chi connectivity index (χ1v) is 13.9.